The van der Waals surface area contributed by atoms with Gasteiger partial charge < -0.3 is 49.8 Å². The number of hydrogen-bond acceptors (Lipinski definition) is 6. The molecule has 0 aromatic carbocycles. The van der Waals surface area contributed by atoms with Gasteiger partial charge in [-0.05, 0) is 0 Å². The molecule has 0 radical (unpaired) electrons. The quantitative estimate of drug-likeness (QED) is 0.121. The van der Waals surface area contributed by atoms with Gasteiger partial charge in [0.05, 0.1) is 0 Å². The standard InChI is InChI=1S/C3H7O2S.CH4NO2S.9Rb/c1-3(2)4-5-6;1-2-3-4-5;;;;;;;;;/h6H,1-2H3;5H,1H3;;;;;;;;;/q2*-1;9*+1/p-2. The Morgan fingerprint density at radius 3 is 1.00 bits per heavy atom. The van der Waals surface area contributed by atoms with Crippen molar-refractivity contribution < 1.29 is 542 Å². The Morgan fingerprint density at radius 1 is 0.700 bits per heavy atom. The number of hydrogen-bond donors (Lipinski definition) is 0. The van der Waals surface area contributed by atoms with Crippen LogP contribution in [0, 0.1) is 6.10 Å². The number of nitrogens with zero attached hydrogens (tertiary/aromatic N) is 1. The molecule has 16 heteroatoms. The molecule has 0 atom stereocenters. The molecule has 20 heavy (non-hydrogen) atoms. The Hall–Kier alpha value is 16.7. The van der Waals surface area contributed by atoms with Crippen LogP contribution in [0.15, 0.2) is 0 Å². The van der Waals surface area contributed by atoms with E-state index in [0.29, 0.717) is 6.10 Å². The summed E-state index contributed by atoms with van der Waals surface area (Å²) in [7, 11) is 1.42. The van der Waals surface area contributed by atoms with E-state index in [1.54, 1.807) is 13.8 Å². The Bertz CT molecular complexity index is 83.9. The normalized spacial score (nSPS) is 5.10. The van der Waals surface area contributed by atoms with Crippen LogP contribution in [-0.2, 0) is 44.4 Å². The summed E-state index contributed by atoms with van der Waals surface area (Å²) in [6.45, 7) is 3.51. The molecule has 0 saturated heterocycles. The summed E-state index contributed by atoms with van der Waals surface area (Å²) in [4.78, 5) is 8.05. The summed E-state index contributed by atoms with van der Waals surface area (Å²) in [5.41, 5.74) is 3.03. The van der Waals surface area contributed by atoms with Crippen LogP contribution in [0.25, 0.3) is 5.48 Å². The fourth-order valence-corrected chi connectivity index (χ4v) is 0.295. The van der Waals surface area contributed by atoms with E-state index >= 15 is 0 Å². The zero-order valence-corrected chi connectivity index (χ0v) is 61.3. The van der Waals surface area contributed by atoms with Gasteiger partial charge in [0.15, 0.2) is 0 Å². The zero-order valence-electron chi connectivity index (χ0n) is 15.4. The van der Waals surface area contributed by atoms with Crippen molar-refractivity contribution in [2.24, 2.45) is 0 Å². The van der Waals surface area contributed by atoms with E-state index in [1.165, 1.54) is 7.05 Å². The fraction of sp³-hybridized carbons (Fsp3) is 0.750. The van der Waals surface area contributed by atoms with Crippen LogP contribution < -0.4 is 524 Å². The first-order chi connectivity index (χ1) is 5.18. The maximum Gasteiger partial charge on any atom is 1.00 e. The summed E-state index contributed by atoms with van der Waals surface area (Å²) < 4.78 is 7.46. The average molecular weight is 968 g/mol. The van der Waals surface area contributed by atoms with Gasteiger partial charge in [-0.3, -0.25) is 0 Å². The fourth-order valence-electron chi connectivity index (χ4n) is 0.0985. The Morgan fingerprint density at radius 2 is 1.00 bits per heavy atom. The van der Waals surface area contributed by atoms with Crippen LogP contribution in [0.1, 0.15) is 13.8 Å². The molecule has 0 amide bonds. The molecule has 0 aromatic heterocycles. The molecular formula is C4H9NO4Rb9S2+5. The molecular weight excluding hydrogens is 959 g/mol. The third kappa shape index (κ3) is 83.7. The van der Waals surface area contributed by atoms with Crippen molar-refractivity contribution in [2.45, 2.75) is 13.8 Å². The van der Waals surface area contributed by atoms with Crippen molar-refractivity contribution in [2.75, 3.05) is 7.05 Å². The van der Waals surface area contributed by atoms with Crippen molar-refractivity contribution in [1.29, 1.82) is 0 Å². The van der Waals surface area contributed by atoms with Gasteiger partial charge >= 0.3 is 524 Å². The van der Waals surface area contributed by atoms with Gasteiger partial charge in [0, 0.05) is 0 Å². The minimum atomic E-state index is 0. The van der Waals surface area contributed by atoms with Crippen molar-refractivity contribution in [1.82, 2.24) is 0 Å². The second kappa shape index (κ2) is 70.5. The molecule has 0 rings (SSSR count). The van der Waals surface area contributed by atoms with E-state index in [1.807, 2.05) is 0 Å². The van der Waals surface area contributed by atoms with Crippen LogP contribution in [-0.4, -0.2) is 7.05 Å². The molecule has 0 aliphatic heterocycles. The minimum absolute atomic E-state index is 0. The molecule has 0 bridgehead atoms. The first kappa shape index (κ1) is 70.8. The van der Waals surface area contributed by atoms with Crippen molar-refractivity contribution in [3.05, 3.63) is 11.6 Å². The topological polar surface area (TPSA) is 51.0 Å². The molecule has 0 aliphatic rings. The molecule has 70 valence electrons. The molecule has 0 aliphatic carbocycles. The summed E-state index contributed by atoms with van der Waals surface area (Å²) in [6, 6.07) is 0. The van der Waals surface area contributed by atoms with Crippen LogP contribution in [0.3, 0.4) is 0 Å². The van der Waals surface area contributed by atoms with Crippen LogP contribution >= 0.6 is 0 Å². The van der Waals surface area contributed by atoms with E-state index in [0.717, 1.165) is 0 Å². The Kier molecular flexibility index (Phi) is 250. The van der Waals surface area contributed by atoms with Gasteiger partial charge in [0.25, 0.3) is 0 Å². The molecule has 0 saturated carbocycles. The molecule has 0 unspecified atom stereocenters. The van der Waals surface area contributed by atoms with Crippen molar-refractivity contribution in [3.8, 4) is 0 Å². The smallest absolute Gasteiger partial charge is 0.586 e. The Labute approximate surface area is 575 Å². The second-order valence-electron chi connectivity index (χ2n) is 1.38. The predicted octanol–water partition coefficient (Wildman–Crippen LogP) is -25.7. The van der Waals surface area contributed by atoms with E-state index < -0.39 is 0 Å². The largest absolute Gasteiger partial charge is 1.00 e. The van der Waals surface area contributed by atoms with Crippen molar-refractivity contribution >= 4 is 25.8 Å². The summed E-state index contributed by atoms with van der Waals surface area (Å²) >= 11 is 7.82. The van der Waals surface area contributed by atoms with Gasteiger partial charge in [-0.15, -0.1) is 7.05 Å². The molecule has 0 N–H and O–H groups in total. The number of hydroxylamine groups is 1. The van der Waals surface area contributed by atoms with E-state index in [-0.39, 0.29) is 524 Å². The SMILES string of the molecule is C[C-](C)OO[S-].C[N-]OO[S-].[Rb+].[Rb+].[Rb+].[Rb+].[Rb+].[Rb+].[Rb+].[Rb+].[Rb+]. The maximum absolute atomic E-state index is 4.27. The molecule has 0 heterocycles. The molecule has 0 aromatic rings. The summed E-state index contributed by atoms with van der Waals surface area (Å²) in [5.74, 6) is 0. The third-order valence-electron chi connectivity index (χ3n) is 0.306. The van der Waals surface area contributed by atoms with Crippen molar-refractivity contribution in [3.63, 3.8) is 0 Å². The first-order valence-corrected chi connectivity index (χ1v) is 3.17. The average Bonchev–Trinajstić information content (AvgIpc) is 1.90. The summed E-state index contributed by atoms with van der Waals surface area (Å²) in [5, 5.41) is 0. The van der Waals surface area contributed by atoms with Gasteiger partial charge in [0.2, 0.25) is 0 Å². The predicted molar refractivity (Wildman–Crippen MR) is 42.9 cm³/mol. The Balaban J connectivity index is -0.00000000624. The van der Waals surface area contributed by atoms with E-state index in [2.05, 4.69) is 49.8 Å². The number of rotatable bonds is 4. The molecule has 0 fully saturated rings. The third-order valence-corrected chi connectivity index (χ3v) is 0.435. The zero-order chi connectivity index (χ0) is 9.11. The van der Waals surface area contributed by atoms with Gasteiger partial charge in [-0.1, -0.05) is 0 Å². The van der Waals surface area contributed by atoms with E-state index in [4.69, 9.17) is 0 Å². The monoisotopic (exact) mass is 963 g/mol. The van der Waals surface area contributed by atoms with Gasteiger partial charge in [-0.25, -0.2) is 0 Å². The first-order valence-electron chi connectivity index (χ1n) is 2.50. The maximum atomic E-state index is 4.27. The van der Waals surface area contributed by atoms with Crippen LogP contribution in [0.2, 0.25) is 0 Å². The van der Waals surface area contributed by atoms with E-state index in [9.17, 15) is 0 Å². The summed E-state index contributed by atoms with van der Waals surface area (Å²) in [6.07, 6.45) is 0.713. The van der Waals surface area contributed by atoms with Crippen LogP contribution in [0.5, 0.6) is 0 Å². The van der Waals surface area contributed by atoms with Gasteiger partial charge in [-0.2, -0.15) is 20.0 Å². The molecule has 5 nitrogen and oxygen atoms in total. The minimum Gasteiger partial charge on any atom is -0.586 e. The molecule has 0 spiro atoms. The second-order valence-corrected chi connectivity index (χ2v) is 1.66. The van der Waals surface area contributed by atoms with Crippen LogP contribution in [0.4, 0.5) is 0 Å². The van der Waals surface area contributed by atoms with Gasteiger partial charge in [0.1, 0.15) is 0 Å².